The van der Waals surface area contributed by atoms with E-state index in [0.717, 1.165) is 84.2 Å². The highest BCUT2D eigenvalue weighted by molar-refractivity contribution is 6.05. The number of piperidine rings is 2. The molecular weight excluding hydrogens is 918 g/mol. The van der Waals surface area contributed by atoms with Gasteiger partial charge in [0.1, 0.15) is 18.2 Å². The van der Waals surface area contributed by atoms with Gasteiger partial charge in [0.05, 0.1) is 42.7 Å². The molecule has 7 heterocycles. The lowest BCUT2D eigenvalue weighted by molar-refractivity contribution is -0.137. The van der Waals surface area contributed by atoms with Crippen LogP contribution in [0.15, 0.2) is 96.3 Å². The molecule has 0 radical (unpaired) electrons. The number of fused-ring (bicyclic) bond motifs is 2. The van der Waals surface area contributed by atoms with Crippen LogP contribution in [0.4, 0.5) is 18.9 Å². The average molecular weight is 975 g/mol. The number of halogens is 3. The molecule has 4 aliphatic heterocycles. The first-order valence-corrected chi connectivity index (χ1v) is 24.3. The van der Waals surface area contributed by atoms with Crippen molar-refractivity contribution in [3.05, 3.63) is 147 Å². The number of likely N-dealkylation sites (tertiary alicyclic amines) is 1. The second-order valence-electron chi connectivity index (χ2n) is 19.1. The van der Waals surface area contributed by atoms with Gasteiger partial charge in [-0.15, -0.1) is 10.2 Å². The molecule has 16 nitrogen and oxygen atoms in total. The largest absolute Gasteiger partial charge is 0.418 e. The van der Waals surface area contributed by atoms with Gasteiger partial charge in [0.2, 0.25) is 11.8 Å². The predicted molar refractivity (Wildman–Crippen MR) is 257 cm³/mol. The first-order valence-electron chi connectivity index (χ1n) is 24.3. The summed E-state index contributed by atoms with van der Waals surface area (Å²) in [5.41, 5.74) is 4.96. The molecule has 3 amide bonds. The summed E-state index contributed by atoms with van der Waals surface area (Å²) in [7, 11) is 1.84. The smallest absolute Gasteiger partial charge is 0.376 e. The molecule has 6 aromatic rings. The minimum atomic E-state index is -4.67. The maximum absolute atomic E-state index is 14.5. The van der Waals surface area contributed by atoms with Crippen LogP contribution in [-0.2, 0) is 58.5 Å². The Hall–Kier alpha value is -6.67. The number of nitrogens with one attached hydrogen (secondary N) is 1. The Kier molecular flexibility index (Phi) is 13.7. The Balaban J connectivity index is 0.648. The Morgan fingerprint density at radius 2 is 1.55 bits per heavy atom. The number of hydrogen-bond donors (Lipinski definition) is 1. The van der Waals surface area contributed by atoms with Gasteiger partial charge in [0.25, 0.3) is 5.91 Å². The van der Waals surface area contributed by atoms with Crippen LogP contribution in [-0.4, -0.2) is 121 Å². The summed E-state index contributed by atoms with van der Waals surface area (Å²) < 4.78 is 59.9. The van der Waals surface area contributed by atoms with Gasteiger partial charge in [-0.05, 0) is 83.5 Å². The third kappa shape index (κ3) is 10.4. The second kappa shape index (κ2) is 20.2. The minimum absolute atomic E-state index is 0.0184. The van der Waals surface area contributed by atoms with E-state index in [9.17, 15) is 32.3 Å². The van der Waals surface area contributed by atoms with E-state index >= 15 is 0 Å². The van der Waals surface area contributed by atoms with E-state index in [2.05, 4.69) is 60.5 Å². The molecule has 3 aromatic carbocycles. The highest BCUT2D eigenvalue weighted by atomic mass is 19.4. The van der Waals surface area contributed by atoms with E-state index in [1.807, 2.05) is 36.7 Å². The number of aromatic nitrogens is 5. The Labute approximate surface area is 408 Å². The van der Waals surface area contributed by atoms with Gasteiger partial charge in [-0.25, -0.2) is 4.79 Å². The monoisotopic (exact) mass is 974 g/mol. The molecule has 372 valence electrons. The summed E-state index contributed by atoms with van der Waals surface area (Å²) in [4.78, 5) is 59.4. The number of anilines is 1. The number of alkyl halides is 3. The van der Waals surface area contributed by atoms with Gasteiger partial charge in [-0.1, -0.05) is 43.3 Å². The highest BCUT2D eigenvalue weighted by Crippen LogP contribution is 2.35. The van der Waals surface area contributed by atoms with Crippen LogP contribution in [0.2, 0.25) is 0 Å². The number of imidazole rings is 1. The average Bonchev–Trinajstić information content (AvgIpc) is 4.05. The van der Waals surface area contributed by atoms with E-state index in [-0.39, 0.29) is 42.3 Å². The lowest BCUT2D eigenvalue weighted by atomic mass is 10.00. The number of imide groups is 1. The molecular formula is C52H57F3N10O6. The van der Waals surface area contributed by atoms with E-state index < -0.39 is 29.4 Å². The number of rotatable bonds is 15. The van der Waals surface area contributed by atoms with Crippen molar-refractivity contribution < 1.29 is 37.0 Å². The number of pyridine rings is 1. The zero-order chi connectivity index (χ0) is 49.4. The Bertz CT molecular complexity index is 2990. The fourth-order valence-electron chi connectivity index (χ4n) is 10.4. The molecule has 0 bridgehead atoms. The van der Waals surface area contributed by atoms with Crippen molar-refractivity contribution in [2.45, 2.75) is 83.1 Å². The molecule has 3 fully saturated rings. The molecule has 2 atom stereocenters. The number of piperazine rings is 1. The number of nitrogens with zero attached hydrogens (tertiary/aromatic N) is 9. The summed E-state index contributed by atoms with van der Waals surface area (Å²) in [6.45, 7) is 9.53. The molecule has 71 heavy (non-hydrogen) atoms. The molecule has 1 N–H and O–H groups in total. The number of carbonyl (C=O) groups excluding carboxylic acids is 3. The molecule has 0 spiro atoms. The Morgan fingerprint density at radius 3 is 2.28 bits per heavy atom. The first-order chi connectivity index (χ1) is 34.2. The van der Waals surface area contributed by atoms with Gasteiger partial charge in [-0.3, -0.25) is 38.5 Å². The van der Waals surface area contributed by atoms with E-state index in [4.69, 9.17) is 9.47 Å². The van der Waals surface area contributed by atoms with Crippen molar-refractivity contribution in [2.24, 2.45) is 7.05 Å². The second-order valence-corrected chi connectivity index (χ2v) is 19.1. The van der Waals surface area contributed by atoms with E-state index in [0.29, 0.717) is 62.7 Å². The van der Waals surface area contributed by atoms with Crippen molar-refractivity contribution in [2.75, 3.05) is 57.4 Å². The lowest BCUT2D eigenvalue weighted by Gasteiger charge is -2.36. The Morgan fingerprint density at radius 1 is 0.803 bits per heavy atom. The third-order valence-electron chi connectivity index (χ3n) is 14.4. The quantitative estimate of drug-likeness (QED) is 0.100. The zero-order valence-electron chi connectivity index (χ0n) is 39.8. The van der Waals surface area contributed by atoms with Crippen molar-refractivity contribution >= 4 is 28.9 Å². The highest BCUT2D eigenvalue weighted by Gasteiger charge is 2.40. The molecule has 4 aliphatic rings. The van der Waals surface area contributed by atoms with Crippen LogP contribution in [0.25, 0.3) is 11.2 Å². The lowest BCUT2D eigenvalue weighted by Crippen LogP contribution is -2.52. The standard InChI is InChI=1S/C52H57F3N10O6/c1-34(48-58-56-33-59(48)2)38-4-3-5-41(25-38)63-31-46-44(52(53,54)55)24-37(29-65(46)51(63)69)28-60-16-14-42(15-17-60)71-23-22-70-32-36-8-6-35(7-9-36)27-61-18-20-62(21-19-61)40-10-11-43-39(26-40)30-64(50(43)68)45-12-13-47(66)57-49(45)67/h3-11,24-26,29,31,33-34,42,45H,12-23,27-28,30,32H2,1-2H3,(H,57,66,67)/t34-,45-/m1/s1. The summed E-state index contributed by atoms with van der Waals surface area (Å²) >= 11 is 0. The van der Waals surface area contributed by atoms with Gasteiger partial charge >= 0.3 is 11.9 Å². The van der Waals surface area contributed by atoms with Crippen molar-refractivity contribution in [1.29, 1.82) is 0 Å². The van der Waals surface area contributed by atoms with Gasteiger partial charge in [0, 0.05) is 102 Å². The molecule has 3 saturated heterocycles. The normalized spacial score (nSPS) is 18.9. The van der Waals surface area contributed by atoms with E-state index in [1.54, 1.807) is 29.4 Å². The fourth-order valence-corrected chi connectivity index (χ4v) is 10.4. The van der Waals surface area contributed by atoms with Crippen LogP contribution >= 0.6 is 0 Å². The molecule has 10 rings (SSSR count). The molecule has 3 aromatic heterocycles. The van der Waals surface area contributed by atoms with Crippen LogP contribution in [0.1, 0.15) is 88.1 Å². The number of ether oxygens (including phenoxy) is 2. The van der Waals surface area contributed by atoms with Crippen LogP contribution in [0.5, 0.6) is 0 Å². The maximum Gasteiger partial charge on any atom is 0.418 e. The third-order valence-corrected chi connectivity index (χ3v) is 14.4. The van der Waals surface area contributed by atoms with Gasteiger partial charge in [-0.2, -0.15) is 13.2 Å². The van der Waals surface area contributed by atoms with E-state index in [1.165, 1.54) is 22.5 Å². The number of amides is 3. The molecule has 19 heteroatoms. The van der Waals surface area contributed by atoms with Crippen LogP contribution in [0, 0.1) is 0 Å². The SMILES string of the molecule is C[C@H](c1cccc(-n2cc3c(C(F)(F)F)cc(CN4CCC(OCCOCc5ccc(CN6CCN(c7ccc8c(c7)CN([C@@H]7CCC(=O)NC7=O)C8=O)CC6)cc5)CC4)cn3c2=O)c1)c1nncn1C. The zero-order valence-corrected chi connectivity index (χ0v) is 39.8. The minimum Gasteiger partial charge on any atom is -0.376 e. The van der Waals surface area contributed by atoms with Crippen LogP contribution in [0.3, 0.4) is 0 Å². The number of carbonyl (C=O) groups is 3. The first kappa shape index (κ1) is 48.0. The van der Waals surface area contributed by atoms with Crippen molar-refractivity contribution in [3.63, 3.8) is 0 Å². The number of benzene rings is 3. The maximum atomic E-state index is 14.5. The molecule has 0 unspecified atom stereocenters. The predicted octanol–water partition coefficient (Wildman–Crippen LogP) is 5.67. The number of hydrogen-bond acceptors (Lipinski definition) is 11. The van der Waals surface area contributed by atoms with Gasteiger partial charge < -0.3 is 23.8 Å². The molecule has 0 aliphatic carbocycles. The van der Waals surface area contributed by atoms with Crippen molar-refractivity contribution in [3.8, 4) is 5.69 Å². The molecule has 0 saturated carbocycles. The summed E-state index contributed by atoms with van der Waals surface area (Å²) in [5.74, 6) is -0.301. The summed E-state index contributed by atoms with van der Waals surface area (Å²) in [5, 5.41) is 10.5. The van der Waals surface area contributed by atoms with Gasteiger partial charge in [0.15, 0.2) is 0 Å². The topological polar surface area (TPSA) is 152 Å². The van der Waals surface area contributed by atoms with Crippen LogP contribution < -0.4 is 15.9 Å². The summed E-state index contributed by atoms with van der Waals surface area (Å²) in [6.07, 6.45) is 1.78. The fraction of sp³-hybridized carbons (Fsp3) is 0.423. The van der Waals surface area contributed by atoms with Crippen molar-refractivity contribution in [1.82, 2.24) is 43.7 Å². The summed E-state index contributed by atoms with van der Waals surface area (Å²) in [6, 6.07) is 22.1. The number of aryl methyl sites for hydroxylation is 1.